The standard InChI is InChI=1S/C23H20N4O4.C8H10/c1-29-20-12-17-18(13-21(20)30-2)25-11-9-19(17)31-15-7-5-14(6-8-15)27-23-16(22(24)28)4-3-10-26-23;1-2-8-6-4-3-5-7-8/h3-13H,1-2H3,(H2,24,28)(H,26,27);3-7H,2H2,1H3. The van der Waals surface area contributed by atoms with Crippen LogP contribution in [0.4, 0.5) is 11.5 Å². The summed E-state index contributed by atoms with van der Waals surface area (Å²) in [6.07, 6.45) is 4.40. The molecule has 8 heteroatoms. The third-order valence-electron chi connectivity index (χ3n) is 5.88. The highest BCUT2D eigenvalue weighted by Gasteiger charge is 2.12. The van der Waals surface area contributed by atoms with Crippen molar-refractivity contribution in [2.75, 3.05) is 19.5 Å². The van der Waals surface area contributed by atoms with Crippen molar-refractivity contribution in [2.45, 2.75) is 13.3 Å². The zero-order valence-corrected chi connectivity index (χ0v) is 22.0. The van der Waals surface area contributed by atoms with E-state index in [9.17, 15) is 4.79 Å². The van der Waals surface area contributed by atoms with E-state index >= 15 is 0 Å². The fourth-order valence-corrected chi connectivity index (χ4v) is 3.82. The zero-order valence-electron chi connectivity index (χ0n) is 22.0. The molecule has 0 aliphatic heterocycles. The molecule has 0 spiro atoms. The number of ether oxygens (including phenoxy) is 3. The number of hydrogen-bond acceptors (Lipinski definition) is 7. The topological polar surface area (TPSA) is 109 Å². The number of methoxy groups -OCH3 is 2. The van der Waals surface area contributed by atoms with E-state index in [0.29, 0.717) is 34.4 Å². The number of carbonyl (C=O) groups excluding carboxylic acids is 1. The number of rotatable bonds is 8. The highest BCUT2D eigenvalue weighted by atomic mass is 16.5. The highest BCUT2D eigenvalue weighted by Crippen LogP contribution is 2.37. The Morgan fingerprint density at radius 3 is 2.18 bits per heavy atom. The van der Waals surface area contributed by atoms with Gasteiger partial charge in [0.2, 0.25) is 0 Å². The number of nitrogens with zero attached hydrogens (tertiary/aromatic N) is 2. The van der Waals surface area contributed by atoms with Crippen molar-refractivity contribution < 1.29 is 19.0 Å². The fraction of sp³-hybridized carbons (Fsp3) is 0.129. The van der Waals surface area contributed by atoms with Gasteiger partial charge in [-0.1, -0.05) is 37.3 Å². The molecule has 0 atom stereocenters. The minimum absolute atomic E-state index is 0.315. The maximum atomic E-state index is 11.6. The Kier molecular flexibility index (Phi) is 8.92. The van der Waals surface area contributed by atoms with Gasteiger partial charge in [-0.05, 0) is 60.5 Å². The molecule has 8 nitrogen and oxygen atoms in total. The number of amides is 1. The molecule has 0 saturated carbocycles. The first-order valence-electron chi connectivity index (χ1n) is 12.4. The van der Waals surface area contributed by atoms with Crippen LogP contribution in [0.25, 0.3) is 10.9 Å². The van der Waals surface area contributed by atoms with E-state index < -0.39 is 5.91 Å². The SMILES string of the molecule is CCc1ccccc1.COc1cc2nccc(Oc3ccc(Nc4ncccc4C(N)=O)cc3)c2cc1OC. The second-order valence-electron chi connectivity index (χ2n) is 8.39. The number of pyridine rings is 2. The lowest BCUT2D eigenvalue weighted by Gasteiger charge is -2.13. The summed E-state index contributed by atoms with van der Waals surface area (Å²) in [5.41, 5.74) is 8.59. The number of benzene rings is 3. The first-order valence-corrected chi connectivity index (χ1v) is 12.4. The van der Waals surface area contributed by atoms with Crippen molar-refractivity contribution in [3.8, 4) is 23.0 Å². The van der Waals surface area contributed by atoms with Gasteiger partial charge in [0.1, 0.15) is 17.3 Å². The van der Waals surface area contributed by atoms with Crippen LogP contribution in [-0.4, -0.2) is 30.1 Å². The molecule has 39 heavy (non-hydrogen) atoms. The van der Waals surface area contributed by atoms with Crippen LogP contribution in [0.2, 0.25) is 0 Å². The summed E-state index contributed by atoms with van der Waals surface area (Å²) >= 11 is 0. The van der Waals surface area contributed by atoms with Crippen LogP contribution < -0.4 is 25.3 Å². The number of primary amides is 1. The number of aryl methyl sites for hydroxylation is 1. The minimum atomic E-state index is -0.549. The average molecular weight is 523 g/mol. The average Bonchev–Trinajstić information content (AvgIpc) is 2.98. The molecule has 1 amide bonds. The van der Waals surface area contributed by atoms with Gasteiger partial charge in [0, 0.05) is 29.5 Å². The van der Waals surface area contributed by atoms with E-state index in [0.717, 1.165) is 23.0 Å². The van der Waals surface area contributed by atoms with Gasteiger partial charge >= 0.3 is 0 Å². The molecule has 0 bridgehead atoms. The van der Waals surface area contributed by atoms with Crippen molar-refractivity contribution >= 4 is 28.3 Å². The van der Waals surface area contributed by atoms with E-state index in [2.05, 4.69) is 46.5 Å². The van der Waals surface area contributed by atoms with Gasteiger partial charge in [-0.15, -0.1) is 0 Å². The first kappa shape index (κ1) is 26.9. The molecule has 3 aromatic carbocycles. The molecule has 5 aromatic rings. The van der Waals surface area contributed by atoms with E-state index in [1.165, 1.54) is 5.56 Å². The Labute approximate surface area is 227 Å². The van der Waals surface area contributed by atoms with Crippen molar-refractivity contribution in [3.05, 3.63) is 108 Å². The second-order valence-corrected chi connectivity index (χ2v) is 8.39. The predicted molar refractivity (Wildman–Crippen MR) is 153 cm³/mol. The number of carbonyl (C=O) groups is 1. The predicted octanol–water partition coefficient (Wildman–Crippen LogP) is 6.53. The van der Waals surface area contributed by atoms with Crippen LogP contribution in [0, 0.1) is 0 Å². The summed E-state index contributed by atoms with van der Waals surface area (Å²) < 4.78 is 16.8. The molecule has 0 aliphatic rings. The van der Waals surface area contributed by atoms with Crippen molar-refractivity contribution in [3.63, 3.8) is 0 Å². The Morgan fingerprint density at radius 2 is 1.54 bits per heavy atom. The molecule has 0 radical (unpaired) electrons. The largest absolute Gasteiger partial charge is 0.493 e. The van der Waals surface area contributed by atoms with E-state index in [1.54, 1.807) is 50.9 Å². The van der Waals surface area contributed by atoms with Crippen LogP contribution in [-0.2, 0) is 6.42 Å². The van der Waals surface area contributed by atoms with Gasteiger partial charge in [-0.25, -0.2) is 4.98 Å². The van der Waals surface area contributed by atoms with Gasteiger partial charge in [0.05, 0.1) is 25.3 Å². The summed E-state index contributed by atoms with van der Waals surface area (Å²) in [7, 11) is 3.16. The first-order chi connectivity index (χ1) is 19.0. The minimum Gasteiger partial charge on any atom is -0.493 e. The van der Waals surface area contributed by atoms with Gasteiger partial charge in [0.25, 0.3) is 5.91 Å². The van der Waals surface area contributed by atoms with Crippen LogP contribution in [0.1, 0.15) is 22.8 Å². The van der Waals surface area contributed by atoms with Crippen LogP contribution in [0.5, 0.6) is 23.0 Å². The number of hydrogen-bond donors (Lipinski definition) is 2. The third kappa shape index (κ3) is 6.81. The summed E-state index contributed by atoms with van der Waals surface area (Å²) in [5.74, 6) is 2.29. The lowest BCUT2D eigenvalue weighted by molar-refractivity contribution is 0.100. The molecule has 5 rings (SSSR count). The van der Waals surface area contributed by atoms with Gasteiger partial charge in [0.15, 0.2) is 11.5 Å². The number of nitrogens with one attached hydrogen (secondary N) is 1. The molecule has 3 N–H and O–H groups in total. The van der Waals surface area contributed by atoms with Crippen LogP contribution in [0.15, 0.2) is 97.3 Å². The smallest absolute Gasteiger partial charge is 0.252 e. The molecule has 2 heterocycles. The number of nitrogens with two attached hydrogens (primary N) is 1. The fourth-order valence-electron chi connectivity index (χ4n) is 3.82. The summed E-state index contributed by atoms with van der Waals surface area (Å²) in [6, 6.07) is 26.4. The highest BCUT2D eigenvalue weighted by molar-refractivity contribution is 5.98. The number of anilines is 2. The van der Waals surface area contributed by atoms with Gasteiger partial charge in [-0.2, -0.15) is 0 Å². The second kappa shape index (κ2) is 12.9. The van der Waals surface area contributed by atoms with Crippen LogP contribution in [0.3, 0.4) is 0 Å². The number of fused-ring (bicyclic) bond motifs is 1. The maximum absolute atomic E-state index is 11.6. The van der Waals surface area contributed by atoms with Gasteiger partial charge in [-0.3, -0.25) is 9.78 Å². The Balaban J connectivity index is 0.000000379. The molecule has 0 fully saturated rings. The Bertz CT molecular complexity index is 1540. The summed E-state index contributed by atoms with van der Waals surface area (Å²) in [4.78, 5) is 20.1. The molecular formula is C31H30N4O4. The molecule has 198 valence electrons. The molecular weight excluding hydrogens is 492 g/mol. The molecule has 0 saturated heterocycles. The van der Waals surface area contributed by atoms with Gasteiger partial charge < -0.3 is 25.3 Å². The van der Waals surface area contributed by atoms with E-state index in [1.807, 2.05) is 36.4 Å². The number of aromatic nitrogens is 2. The molecule has 2 aromatic heterocycles. The third-order valence-corrected chi connectivity index (χ3v) is 5.88. The van der Waals surface area contributed by atoms with Crippen molar-refractivity contribution in [2.24, 2.45) is 5.73 Å². The van der Waals surface area contributed by atoms with Crippen LogP contribution >= 0.6 is 0 Å². The monoisotopic (exact) mass is 522 g/mol. The zero-order chi connectivity index (χ0) is 27.6. The Morgan fingerprint density at radius 1 is 0.821 bits per heavy atom. The normalized spacial score (nSPS) is 10.2. The molecule has 0 aliphatic carbocycles. The lowest BCUT2D eigenvalue weighted by atomic mass is 10.2. The summed E-state index contributed by atoms with van der Waals surface area (Å²) in [6.45, 7) is 2.16. The quantitative estimate of drug-likeness (QED) is 0.238. The maximum Gasteiger partial charge on any atom is 0.252 e. The lowest BCUT2D eigenvalue weighted by Crippen LogP contribution is -2.14. The summed E-state index contributed by atoms with van der Waals surface area (Å²) in [5, 5.41) is 3.89. The van der Waals surface area contributed by atoms with Crippen molar-refractivity contribution in [1.82, 2.24) is 9.97 Å². The Hall–Kier alpha value is -5.11. The van der Waals surface area contributed by atoms with Crippen molar-refractivity contribution in [1.29, 1.82) is 0 Å². The van der Waals surface area contributed by atoms with E-state index in [4.69, 9.17) is 19.9 Å². The van der Waals surface area contributed by atoms with E-state index in [-0.39, 0.29) is 0 Å². The molecule has 0 unspecified atom stereocenters.